The van der Waals surface area contributed by atoms with Crippen molar-refractivity contribution < 1.29 is 4.79 Å². The molecule has 0 bridgehead atoms. The van der Waals surface area contributed by atoms with Gasteiger partial charge >= 0.3 is 0 Å². The molecule has 1 aromatic carbocycles. The zero-order valence-corrected chi connectivity index (χ0v) is 13.4. The van der Waals surface area contributed by atoms with Gasteiger partial charge in [0.2, 0.25) is 0 Å². The Bertz CT molecular complexity index is 880. The molecule has 3 aromatic rings. The first kappa shape index (κ1) is 13.5. The van der Waals surface area contributed by atoms with Crippen molar-refractivity contribution in [3.05, 3.63) is 46.4 Å². The standard InChI is InChI=1S/C16H16N4OS/c1-10-12-5-3-4-6-13(12)22-15(10)16(21)19-7-8-20-11(2)17-18-14(20)9-19/h3-6H,7-9H2,1-2H3. The highest BCUT2D eigenvalue weighted by atomic mass is 32.1. The summed E-state index contributed by atoms with van der Waals surface area (Å²) in [6.07, 6.45) is 0. The minimum absolute atomic E-state index is 0.102. The van der Waals surface area contributed by atoms with E-state index in [-0.39, 0.29) is 5.91 Å². The molecule has 0 unspecified atom stereocenters. The van der Waals surface area contributed by atoms with Gasteiger partial charge < -0.3 is 9.47 Å². The third kappa shape index (κ3) is 1.94. The Morgan fingerprint density at radius 1 is 1.18 bits per heavy atom. The molecular weight excluding hydrogens is 296 g/mol. The number of aromatic nitrogens is 3. The second kappa shape index (κ2) is 4.91. The number of carbonyl (C=O) groups excluding carboxylic acids is 1. The Hall–Kier alpha value is -2.21. The second-order valence-corrected chi connectivity index (χ2v) is 6.65. The number of rotatable bonds is 1. The molecule has 1 aliphatic heterocycles. The third-order valence-corrected chi connectivity index (χ3v) is 5.52. The lowest BCUT2D eigenvalue weighted by molar-refractivity contribution is 0.0711. The van der Waals surface area contributed by atoms with Crippen molar-refractivity contribution in [2.24, 2.45) is 0 Å². The topological polar surface area (TPSA) is 51.0 Å². The third-order valence-electron chi connectivity index (χ3n) is 4.26. The van der Waals surface area contributed by atoms with Crippen molar-refractivity contribution in [2.75, 3.05) is 6.54 Å². The molecule has 0 aliphatic carbocycles. The quantitative estimate of drug-likeness (QED) is 0.694. The molecule has 1 aliphatic rings. The maximum Gasteiger partial charge on any atom is 0.264 e. The largest absolute Gasteiger partial charge is 0.329 e. The number of hydrogen-bond donors (Lipinski definition) is 0. The molecule has 0 saturated heterocycles. The predicted molar refractivity (Wildman–Crippen MR) is 86.1 cm³/mol. The number of nitrogens with zero attached hydrogens (tertiary/aromatic N) is 4. The van der Waals surface area contributed by atoms with E-state index in [1.807, 2.05) is 30.9 Å². The minimum atomic E-state index is 0.102. The van der Waals surface area contributed by atoms with Crippen LogP contribution in [-0.2, 0) is 13.1 Å². The van der Waals surface area contributed by atoms with Crippen LogP contribution >= 0.6 is 11.3 Å². The van der Waals surface area contributed by atoms with Crippen LogP contribution in [0.2, 0.25) is 0 Å². The molecule has 0 saturated carbocycles. The average Bonchev–Trinajstić information content (AvgIpc) is 3.08. The second-order valence-electron chi connectivity index (χ2n) is 5.59. The van der Waals surface area contributed by atoms with Gasteiger partial charge in [-0.2, -0.15) is 0 Å². The number of hydrogen-bond acceptors (Lipinski definition) is 4. The first-order valence-corrected chi connectivity index (χ1v) is 8.13. The van der Waals surface area contributed by atoms with E-state index in [1.165, 1.54) is 10.1 Å². The number of amides is 1. The number of aryl methyl sites for hydroxylation is 2. The molecule has 0 radical (unpaired) electrons. The predicted octanol–water partition coefficient (Wildman–Crippen LogP) is 2.77. The number of thiophene rings is 1. The van der Waals surface area contributed by atoms with Crippen LogP contribution in [0.4, 0.5) is 0 Å². The van der Waals surface area contributed by atoms with Crippen molar-refractivity contribution >= 4 is 27.3 Å². The Morgan fingerprint density at radius 3 is 2.82 bits per heavy atom. The molecule has 2 aromatic heterocycles. The first-order valence-electron chi connectivity index (χ1n) is 7.31. The van der Waals surface area contributed by atoms with Crippen LogP contribution in [0.25, 0.3) is 10.1 Å². The summed E-state index contributed by atoms with van der Waals surface area (Å²) in [5, 5.41) is 9.44. The van der Waals surface area contributed by atoms with Crippen molar-refractivity contribution in [1.82, 2.24) is 19.7 Å². The van der Waals surface area contributed by atoms with Crippen molar-refractivity contribution in [3.8, 4) is 0 Å². The summed E-state index contributed by atoms with van der Waals surface area (Å²) < 4.78 is 3.25. The summed E-state index contributed by atoms with van der Waals surface area (Å²) in [5.41, 5.74) is 1.08. The summed E-state index contributed by atoms with van der Waals surface area (Å²) in [4.78, 5) is 15.6. The van der Waals surface area contributed by atoms with E-state index in [2.05, 4.69) is 26.9 Å². The Balaban J connectivity index is 1.68. The zero-order valence-electron chi connectivity index (χ0n) is 12.5. The average molecular weight is 312 g/mol. The molecular formula is C16H16N4OS. The highest BCUT2D eigenvalue weighted by Gasteiger charge is 2.26. The van der Waals surface area contributed by atoms with Gasteiger partial charge in [-0.3, -0.25) is 4.79 Å². The number of fused-ring (bicyclic) bond motifs is 2. The maximum atomic E-state index is 12.9. The maximum absolute atomic E-state index is 12.9. The smallest absolute Gasteiger partial charge is 0.264 e. The lowest BCUT2D eigenvalue weighted by Gasteiger charge is -2.27. The Morgan fingerprint density at radius 2 is 2.00 bits per heavy atom. The molecule has 0 fully saturated rings. The van der Waals surface area contributed by atoms with Crippen molar-refractivity contribution in [2.45, 2.75) is 26.9 Å². The van der Waals surface area contributed by atoms with Gasteiger partial charge in [-0.25, -0.2) is 0 Å². The fourth-order valence-corrected chi connectivity index (χ4v) is 4.18. The molecule has 22 heavy (non-hydrogen) atoms. The summed E-state index contributed by atoms with van der Waals surface area (Å²) >= 11 is 1.58. The van der Waals surface area contributed by atoms with Crippen LogP contribution in [-0.4, -0.2) is 32.1 Å². The van der Waals surface area contributed by atoms with Gasteiger partial charge in [-0.1, -0.05) is 18.2 Å². The highest BCUT2D eigenvalue weighted by Crippen LogP contribution is 2.32. The molecule has 3 heterocycles. The van der Waals surface area contributed by atoms with Gasteiger partial charge in [-0.15, -0.1) is 21.5 Å². The molecule has 0 atom stereocenters. The molecule has 0 N–H and O–H groups in total. The fraction of sp³-hybridized carbons (Fsp3) is 0.312. The van der Waals surface area contributed by atoms with Crippen molar-refractivity contribution in [3.63, 3.8) is 0 Å². The van der Waals surface area contributed by atoms with Gasteiger partial charge in [-0.05, 0) is 30.9 Å². The minimum Gasteiger partial charge on any atom is -0.329 e. The molecule has 1 amide bonds. The Labute approximate surface area is 132 Å². The summed E-state index contributed by atoms with van der Waals surface area (Å²) in [7, 11) is 0. The van der Waals surface area contributed by atoms with Crippen molar-refractivity contribution in [1.29, 1.82) is 0 Å². The fourth-order valence-electron chi connectivity index (χ4n) is 3.00. The number of benzene rings is 1. The van der Waals surface area contributed by atoms with Crippen LogP contribution in [0.1, 0.15) is 26.9 Å². The highest BCUT2D eigenvalue weighted by molar-refractivity contribution is 7.21. The molecule has 5 nitrogen and oxygen atoms in total. The SMILES string of the molecule is Cc1c(C(=O)N2CCn3c(C)nnc3C2)sc2ccccc12. The van der Waals surface area contributed by atoms with Gasteiger partial charge in [0.25, 0.3) is 5.91 Å². The summed E-state index contributed by atoms with van der Waals surface area (Å²) in [5.74, 6) is 1.89. The van der Waals surface area contributed by atoms with E-state index in [9.17, 15) is 4.79 Å². The molecule has 4 rings (SSSR count). The van der Waals surface area contributed by atoms with Crippen LogP contribution in [0.15, 0.2) is 24.3 Å². The lowest BCUT2D eigenvalue weighted by atomic mass is 10.1. The zero-order chi connectivity index (χ0) is 15.3. The van der Waals surface area contributed by atoms with E-state index < -0.39 is 0 Å². The van der Waals surface area contributed by atoms with Crippen LogP contribution in [0.5, 0.6) is 0 Å². The lowest BCUT2D eigenvalue weighted by Crippen LogP contribution is -2.38. The van der Waals surface area contributed by atoms with Gasteiger partial charge in [0.1, 0.15) is 5.82 Å². The van der Waals surface area contributed by atoms with E-state index in [0.717, 1.165) is 28.6 Å². The van der Waals surface area contributed by atoms with Crippen LogP contribution < -0.4 is 0 Å². The van der Waals surface area contributed by atoms with Gasteiger partial charge in [0.05, 0.1) is 11.4 Å². The van der Waals surface area contributed by atoms with E-state index in [1.54, 1.807) is 11.3 Å². The van der Waals surface area contributed by atoms with Gasteiger partial charge in [0, 0.05) is 17.8 Å². The van der Waals surface area contributed by atoms with E-state index in [0.29, 0.717) is 13.1 Å². The molecule has 112 valence electrons. The summed E-state index contributed by atoms with van der Waals surface area (Å²) in [6.45, 7) is 5.99. The number of carbonyl (C=O) groups is 1. The summed E-state index contributed by atoms with van der Waals surface area (Å²) in [6, 6.07) is 8.18. The van der Waals surface area contributed by atoms with Gasteiger partial charge in [0.15, 0.2) is 5.82 Å². The van der Waals surface area contributed by atoms with E-state index >= 15 is 0 Å². The molecule has 0 spiro atoms. The first-order chi connectivity index (χ1) is 10.6. The normalized spacial score (nSPS) is 14.4. The van der Waals surface area contributed by atoms with Crippen LogP contribution in [0.3, 0.4) is 0 Å². The van der Waals surface area contributed by atoms with E-state index in [4.69, 9.17) is 0 Å². The van der Waals surface area contributed by atoms with Crippen LogP contribution in [0, 0.1) is 13.8 Å². The Kier molecular flexibility index (Phi) is 3.00. The monoisotopic (exact) mass is 312 g/mol. The molecule has 6 heteroatoms.